The van der Waals surface area contributed by atoms with E-state index in [1.165, 1.54) is 180 Å². The number of nitrogens with zero attached hydrogens (tertiary/aromatic N) is 4. The van der Waals surface area contributed by atoms with Gasteiger partial charge in [0.05, 0.1) is 32.2 Å². The molecule has 3 atom stereocenters. The first-order valence-corrected chi connectivity index (χ1v) is 30.6. The highest BCUT2D eigenvalue weighted by Crippen LogP contribution is 2.48. The second kappa shape index (κ2) is 38.2. The SMILES string of the molecule is CCCCCCCCCCCCCCCCSSCCOP(=O)(CO[C@H](C)Cn1cnc2c(N)ncnc21)OCCS(=S)CCCCCCCCCCCCCCCC. The van der Waals surface area contributed by atoms with Crippen molar-refractivity contribution in [1.29, 1.82) is 0 Å². The van der Waals surface area contributed by atoms with Crippen molar-refractivity contribution in [2.24, 2.45) is 0 Å². The Balaban J connectivity index is 1.61. The molecule has 9 nitrogen and oxygen atoms in total. The summed E-state index contributed by atoms with van der Waals surface area (Å²) >= 11 is 5.81. The summed E-state index contributed by atoms with van der Waals surface area (Å²) in [7, 11) is -0.00302. The van der Waals surface area contributed by atoms with Gasteiger partial charge in [-0.05, 0) is 25.5 Å². The number of hydrogen-bond acceptors (Lipinski definition) is 11. The molecule has 59 heavy (non-hydrogen) atoms. The van der Waals surface area contributed by atoms with E-state index in [9.17, 15) is 4.57 Å². The molecule has 2 N–H and O–H groups in total. The van der Waals surface area contributed by atoms with Crippen molar-refractivity contribution in [3.05, 3.63) is 12.7 Å². The first-order valence-electron chi connectivity index (χ1n) is 23.9. The molecule has 2 aromatic rings. The van der Waals surface area contributed by atoms with Gasteiger partial charge < -0.3 is 24.1 Å². The van der Waals surface area contributed by atoms with Gasteiger partial charge in [0.2, 0.25) is 0 Å². The molecule has 2 unspecified atom stereocenters. The first-order chi connectivity index (χ1) is 28.9. The summed E-state index contributed by atoms with van der Waals surface area (Å²) in [5, 5.41) is 0. The summed E-state index contributed by atoms with van der Waals surface area (Å²) in [6.07, 6.45) is 41.0. The number of aromatic nitrogens is 4. The second-order valence-electron chi connectivity index (χ2n) is 16.4. The largest absolute Gasteiger partial charge is 0.382 e. The molecule has 0 aromatic carbocycles. The zero-order chi connectivity index (χ0) is 42.5. The van der Waals surface area contributed by atoms with E-state index in [1.807, 2.05) is 22.3 Å². The van der Waals surface area contributed by atoms with Crippen molar-refractivity contribution < 1.29 is 18.3 Å². The van der Waals surface area contributed by atoms with Gasteiger partial charge in [-0.15, -0.1) is 9.45 Å². The van der Waals surface area contributed by atoms with E-state index in [4.69, 9.17) is 30.7 Å². The maximum Gasteiger partial charge on any atom is 0.356 e. The average molecular weight is 920 g/mol. The standard InChI is InChI=1S/C45H86N5O4PS4/c1-4-6-8-10-12-14-16-18-20-22-24-26-28-30-34-57-58-35-32-53-55(51,41-52-42(3)38-50-40-49-43-44(46)47-39-48-45(43)50)54-33-37-59(56)36-31-29-27-25-23-21-19-17-15-13-11-9-7-5-2/h39-40,42H,4-38,41H2,1-3H3,(H2,46,47,48)/t42-,55?,59?/m1/s1. The van der Waals surface area contributed by atoms with Crippen LogP contribution in [0.5, 0.6) is 0 Å². The fourth-order valence-electron chi connectivity index (χ4n) is 7.21. The third-order valence-electron chi connectivity index (χ3n) is 10.8. The lowest BCUT2D eigenvalue weighted by Gasteiger charge is -2.21. The lowest BCUT2D eigenvalue weighted by atomic mass is 10.0. The summed E-state index contributed by atoms with van der Waals surface area (Å²) in [6.45, 7) is 7.64. The fourth-order valence-corrected chi connectivity index (χ4v) is 12.4. The van der Waals surface area contributed by atoms with E-state index < -0.39 is 7.60 Å². The summed E-state index contributed by atoms with van der Waals surface area (Å²) in [4.78, 5) is 12.7. The van der Waals surface area contributed by atoms with Gasteiger partial charge >= 0.3 is 7.60 Å². The highest BCUT2D eigenvalue weighted by atomic mass is 33.1. The van der Waals surface area contributed by atoms with Gasteiger partial charge in [-0.25, -0.2) is 15.0 Å². The Hall–Kier alpha value is -0.270. The number of fused-ring (bicyclic) bond motifs is 1. The number of unbranched alkanes of at least 4 members (excludes halogenated alkanes) is 26. The number of nitrogen functional groups attached to an aromatic ring is 1. The van der Waals surface area contributed by atoms with E-state index >= 15 is 0 Å². The predicted molar refractivity (Wildman–Crippen MR) is 265 cm³/mol. The molecule has 0 saturated carbocycles. The molecule has 0 saturated heterocycles. The predicted octanol–water partition coefficient (Wildman–Crippen LogP) is 14.4. The van der Waals surface area contributed by atoms with Crippen LogP contribution >= 0.6 is 29.2 Å². The molecule has 0 aliphatic rings. The van der Waals surface area contributed by atoms with Crippen LogP contribution in [0.25, 0.3) is 11.2 Å². The molecular formula is C45H86N5O4PS4. The summed E-state index contributed by atoms with van der Waals surface area (Å²) in [6, 6.07) is 0. The molecule has 2 heterocycles. The molecular weight excluding hydrogens is 834 g/mol. The Labute approximate surface area is 376 Å². The summed E-state index contributed by atoms with van der Waals surface area (Å²) < 4.78 is 33.9. The number of anilines is 1. The van der Waals surface area contributed by atoms with Crippen LogP contribution in [-0.2, 0) is 45.5 Å². The maximum atomic E-state index is 14.0. The minimum Gasteiger partial charge on any atom is -0.382 e. The summed E-state index contributed by atoms with van der Waals surface area (Å²) in [5.41, 5.74) is 7.17. The number of rotatable bonds is 44. The Morgan fingerprint density at radius 2 is 1.14 bits per heavy atom. The van der Waals surface area contributed by atoms with Crippen molar-refractivity contribution in [2.75, 3.05) is 48.3 Å². The van der Waals surface area contributed by atoms with Gasteiger partial charge in [0, 0.05) is 17.3 Å². The Bertz CT molecular complexity index is 1340. The van der Waals surface area contributed by atoms with Crippen LogP contribution in [0.15, 0.2) is 12.7 Å². The van der Waals surface area contributed by atoms with E-state index in [0.717, 1.165) is 23.7 Å². The molecule has 344 valence electrons. The lowest BCUT2D eigenvalue weighted by Crippen LogP contribution is -2.19. The van der Waals surface area contributed by atoms with E-state index in [2.05, 4.69) is 28.8 Å². The molecule has 0 fully saturated rings. The molecule has 0 aliphatic carbocycles. The number of hydrogen-bond donors (Lipinski definition) is 1. The maximum absolute atomic E-state index is 14.0. The average Bonchev–Trinajstić information content (AvgIpc) is 3.64. The minimum atomic E-state index is -3.49. The Kier molecular flexibility index (Phi) is 35.5. The Morgan fingerprint density at radius 1 is 0.661 bits per heavy atom. The van der Waals surface area contributed by atoms with E-state index in [-0.39, 0.29) is 21.9 Å². The van der Waals surface area contributed by atoms with Crippen molar-refractivity contribution in [3.63, 3.8) is 0 Å². The topological polar surface area (TPSA) is 114 Å². The van der Waals surface area contributed by atoms with Crippen LogP contribution in [0.1, 0.15) is 201 Å². The van der Waals surface area contributed by atoms with Crippen LogP contribution in [0.4, 0.5) is 5.82 Å². The van der Waals surface area contributed by atoms with Crippen LogP contribution in [-0.4, -0.2) is 68.2 Å². The van der Waals surface area contributed by atoms with Gasteiger partial charge in [0.1, 0.15) is 18.2 Å². The van der Waals surface area contributed by atoms with Gasteiger partial charge in [-0.2, -0.15) is 0 Å². The fraction of sp³-hybridized carbons (Fsp3) is 0.889. The molecule has 0 aliphatic heterocycles. The quantitative estimate of drug-likeness (QED) is 0.0389. The minimum absolute atomic E-state index is 0.112. The van der Waals surface area contributed by atoms with Crippen molar-refractivity contribution in [2.45, 2.75) is 213 Å². The smallest absolute Gasteiger partial charge is 0.356 e. The normalized spacial score (nSPS) is 13.9. The number of nitrogens with two attached hydrogens (primary N) is 1. The zero-order valence-corrected chi connectivity index (χ0v) is 41.9. The van der Waals surface area contributed by atoms with Crippen molar-refractivity contribution >= 4 is 66.8 Å². The van der Waals surface area contributed by atoms with Crippen LogP contribution in [0.2, 0.25) is 0 Å². The molecule has 14 heteroatoms. The molecule has 0 bridgehead atoms. The highest BCUT2D eigenvalue weighted by molar-refractivity contribution is 8.76. The van der Waals surface area contributed by atoms with Gasteiger partial charge in [-0.3, -0.25) is 4.57 Å². The Morgan fingerprint density at radius 3 is 1.68 bits per heavy atom. The van der Waals surface area contributed by atoms with Gasteiger partial charge in [0.15, 0.2) is 11.5 Å². The van der Waals surface area contributed by atoms with E-state index in [1.54, 1.807) is 17.1 Å². The highest BCUT2D eigenvalue weighted by Gasteiger charge is 2.27. The van der Waals surface area contributed by atoms with Crippen molar-refractivity contribution in [3.8, 4) is 0 Å². The van der Waals surface area contributed by atoms with Crippen molar-refractivity contribution in [1.82, 2.24) is 19.5 Å². The monoisotopic (exact) mass is 920 g/mol. The zero-order valence-electron chi connectivity index (χ0n) is 37.8. The van der Waals surface area contributed by atoms with Crippen LogP contribution in [0, 0.1) is 0 Å². The third-order valence-corrected chi connectivity index (χ3v) is 17.3. The van der Waals surface area contributed by atoms with Crippen LogP contribution in [0.3, 0.4) is 0 Å². The molecule has 2 aromatic heterocycles. The van der Waals surface area contributed by atoms with Crippen LogP contribution < -0.4 is 5.73 Å². The summed E-state index contributed by atoms with van der Waals surface area (Å²) in [5.74, 6) is 3.96. The van der Waals surface area contributed by atoms with Gasteiger partial charge in [-0.1, -0.05) is 214 Å². The molecule has 0 amide bonds. The molecule has 2 rings (SSSR count). The van der Waals surface area contributed by atoms with E-state index in [0.29, 0.717) is 42.5 Å². The third kappa shape index (κ3) is 29.7. The first kappa shape index (κ1) is 54.9. The second-order valence-corrected chi connectivity index (χ2v) is 24.2. The van der Waals surface area contributed by atoms with Gasteiger partial charge in [0.25, 0.3) is 0 Å². The lowest BCUT2D eigenvalue weighted by molar-refractivity contribution is 0.0675. The molecule has 0 spiro atoms. The number of imidazole rings is 1. The number of ether oxygens (including phenoxy) is 1. The molecule has 0 radical (unpaired) electrons.